The Bertz CT molecular complexity index is 562. The molecule has 1 unspecified atom stereocenters. The molecular formula is C19H22N2. The van der Waals surface area contributed by atoms with E-state index in [4.69, 9.17) is 5.73 Å². The highest BCUT2D eigenvalue weighted by Gasteiger charge is 2.54. The average Bonchev–Trinajstić information content (AvgIpc) is 2.50. The van der Waals surface area contributed by atoms with Gasteiger partial charge in [-0.3, -0.25) is 4.90 Å². The zero-order valence-corrected chi connectivity index (χ0v) is 12.3. The molecule has 2 nitrogen and oxygen atoms in total. The number of hydrogen-bond acceptors (Lipinski definition) is 2. The molecule has 1 aliphatic carbocycles. The molecule has 1 saturated carbocycles. The monoisotopic (exact) mass is 278 g/mol. The summed E-state index contributed by atoms with van der Waals surface area (Å²) in [6, 6.07) is 22.5. The highest BCUT2D eigenvalue weighted by molar-refractivity contribution is 5.33. The minimum atomic E-state index is 0.367. The third-order valence-electron chi connectivity index (χ3n) is 5.37. The second-order valence-electron chi connectivity index (χ2n) is 6.64. The number of nitrogens with two attached hydrogens (primary N) is 1. The smallest absolute Gasteiger partial charge is 0.0602 e. The van der Waals surface area contributed by atoms with Gasteiger partial charge in [-0.25, -0.2) is 0 Å². The molecule has 1 heterocycles. The van der Waals surface area contributed by atoms with Gasteiger partial charge >= 0.3 is 0 Å². The largest absolute Gasteiger partial charge is 0.327 e. The molecule has 1 saturated heterocycles. The molecule has 2 heteroatoms. The standard InChI is InChI=1S/C19H22N2/c20-17-11-12-19(17)13-21(14-19)18(15-7-3-1-4-8-15)16-9-5-2-6-10-16/h1-10,17-18H,11-14,20H2. The Morgan fingerprint density at radius 2 is 1.43 bits per heavy atom. The zero-order chi connectivity index (χ0) is 14.3. The van der Waals surface area contributed by atoms with Crippen molar-refractivity contribution in [1.82, 2.24) is 4.90 Å². The highest BCUT2D eigenvalue weighted by Crippen LogP contribution is 2.50. The van der Waals surface area contributed by atoms with Crippen molar-refractivity contribution in [2.24, 2.45) is 11.1 Å². The van der Waals surface area contributed by atoms with E-state index >= 15 is 0 Å². The van der Waals surface area contributed by atoms with Gasteiger partial charge in [-0.15, -0.1) is 0 Å². The van der Waals surface area contributed by atoms with Crippen molar-refractivity contribution in [2.45, 2.75) is 24.9 Å². The Balaban J connectivity index is 1.63. The van der Waals surface area contributed by atoms with Crippen molar-refractivity contribution >= 4 is 0 Å². The van der Waals surface area contributed by atoms with E-state index < -0.39 is 0 Å². The lowest BCUT2D eigenvalue weighted by molar-refractivity contribution is -0.0924. The summed E-state index contributed by atoms with van der Waals surface area (Å²) in [6.45, 7) is 2.28. The van der Waals surface area contributed by atoms with E-state index in [1.807, 2.05) is 0 Å². The van der Waals surface area contributed by atoms with Crippen LogP contribution in [0.25, 0.3) is 0 Å². The SMILES string of the molecule is NC1CCC12CN(C(c1ccccc1)c1ccccc1)C2. The molecule has 2 aliphatic rings. The quantitative estimate of drug-likeness (QED) is 0.934. The Hall–Kier alpha value is -1.64. The molecule has 108 valence electrons. The fourth-order valence-electron chi connectivity index (χ4n) is 3.94. The van der Waals surface area contributed by atoms with Crippen LogP contribution in [-0.2, 0) is 0 Å². The highest BCUT2D eigenvalue weighted by atomic mass is 15.3. The van der Waals surface area contributed by atoms with Gasteiger partial charge in [0.25, 0.3) is 0 Å². The molecule has 0 bridgehead atoms. The number of benzene rings is 2. The number of hydrogen-bond donors (Lipinski definition) is 1. The topological polar surface area (TPSA) is 29.3 Å². The van der Waals surface area contributed by atoms with E-state index in [0.717, 1.165) is 13.1 Å². The minimum Gasteiger partial charge on any atom is -0.327 e. The van der Waals surface area contributed by atoms with Crippen LogP contribution < -0.4 is 5.73 Å². The van der Waals surface area contributed by atoms with E-state index in [-0.39, 0.29) is 0 Å². The minimum absolute atomic E-state index is 0.367. The summed E-state index contributed by atoms with van der Waals surface area (Å²) in [5.41, 5.74) is 9.41. The Kier molecular flexibility index (Phi) is 3.09. The summed E-state index contributed by atoms with van der Waals surface area (Å²) < 4.78 is 0. The molecule has 1 atom stereocenters. The van der Waals surface area contributed by atoms with Crippen LogP contribution in [0.5, 0.6) is 0 Å². The first-order valence-corrected chi connectivity index (χ1v) is 7.88. The van der Waals surface area contributed by atoms with Crippen molar-refractivity contribution in [2.75, 3.05) is 13.1 Å². The van der Waals surface area contributed by atoms with Crippen LogP contribution in [0.4, 0.5) is 0 Å². The van der Waals surface area contributed by atoms with Crippen LogP contribution in [0.15, 0.2) is 60.7 Å². The molecule has 2 N–H and O–H groups in total. The third-order valence-corrected chi connectivity index (χ3v) is 5.37. The second kappa shape index (κ2) is 4.97. The lowest BCUT2D eigenvalue weighted by Crippen LogP contribution is -2.69. The summed E-state index contributed by atoms with van der Waals surface area (Å²) in [5.74, 6) is 0. The van der Waals surface area contributed by atoms with E-state index in [2.05, 4.69) is 65.6 Å². The number of rotatable bonds is 3. The maximum Gasteiger partial charge on any atom is 0.0602 e. The van der Waals surface area contributed by atoms with Gasteiger partial charge in [0.15, 0.2) is 0 Å². The number of nitrogens with zero attached hydrogens (tertiary/aromatic N) is 1. The van der Waals surface area contributed by atoms with Crippen molar-refractivity contribution in [3.63, 3.8) is 0 Å². The van der Waals surface area contributed by atoms with E-state index in [0.29, 0.717) is 17.5 Å². The molecule has 2 fully saturated rings. The van der Waals surface area contributed by atoms with Gasteiger partial charge in [0.2, 0.25) is 0 Å². The van der Waals surface area contributed by atoms with Gasteiger partial charge in [-0.05, 0) is 24.0 Å². The first kappa shape index (κ1) is 13.1. The molecule has 0 aromatic heterocycles. The fourth-order valence-corrected chi connectivity index (χ4v) is 3.94. The molecule has 0 amide bonds. The lowest BCUT2D eigenvalue weighted by Gasteiger charge is -2.61. The average molecular weight is 278 g/mol. The van der Waals surface area contributed by atoms with Gasteiger partial charge in [0.05, 0.1) is 6.04 Å². The van der Waals surface area contributed by atoms with Crippen LogP contribution >= 0.6 is 0 Å². The molecule has 0 radical (unpaired) electrons. The van der Waals surface area contributed by atoms with E-state index in [9.17, 15) is 0 Å². The van der Waals surface area contributed by atoms with Crippen molar-refractivity contribution in [1.29, 1.82) is 0 Å². The molecule has 2 aromatic carbocycles. The first-order chi connectivity index (χ1) is 10.3. The molecule has 1 aliphatic heterocycles. The van der Waals surface area contributed by atoms with Crippen LogP contribution in [0.2, 0.25) is 0 Å². The van der Waals surface area contributed by atoms with Crippen molar-refractivity contribution in [3.8, 4) is 0 Å². The van der Waals surface area contributed by atoms with Crippen LogP contribution in [0.3, 0.4) is 0 Å². The van der Waals surface area contributed by atoms with E-state index in [1.54, 1.807) is 0 Å². The molecular weight excluding hydrogens is 256 g/mol. The molecule has 21 heavy (non-hydrogen) atoms. The lowest BCUT2D eigenvalue weighted by atomic mass is 9.59. The zero-order valence-electron chi connectivity index (χ0n) is 12.3. The maximum absolute atomic E-state index is 6.23. The predicted molar refractivity (Wildman–Crippen MR) is 85.9 cm³/mol. The Morgan fingerprint density at radius 1 is 0.905 bits per heavy atom. The first-order valence-electron chi connectivity index (χ1n) is 7.88. The fraction of sp³-hybridized carbons (Fsp3) is 0.368. The summed E-state index contributed by atoms with van der Waals surface area (Å²) in [6.07, 6.45) is 2.51. The molecule has 4 rings (SSSR count). The predicted octanol–water partition coefficient (Wildman–Crippen LogP) is 3.20. The Labute approximate surface area is 126 Å². The summed E-state index contributed by atoms with van der Waals surface area (Å²) in [5, 5.41) is 0. The summed E-state index contributed by atoms with van der Waals surface area (Å²) >= 11 is 0. The normalized spacial score (nSPS) is 23.8. The second-order valence-corrected chi connectivity index (χ2v) is 6.64. The number of likely N-dealkylation sites (tertiary alicyclic amines) is 1. The molecule has 1 spiro atoms. The van der Waals surface area contributed by atoms with Crippen molar-refractivity contribution < 1.29 is 0 Å². The maximum atomic E-state index is 6.23. The van der Waals surface area contributed by atoms with E-state index in [1.165, 1.54) is 24.0 Å². The summed E-state index contributed by atoms with van der Waals surface area (Å²) in [4.78, 5) is 2.59. The molecule has 2 aromatic rings. The van der Waals surface area contributed by atoms with Crippen LogP contribution in [-0.4, -0.2) is 24.0 Å². The van der Waals surface area contributed by atoms with Gasteiger partial charge < -0.3 is 5.73 Å². The summed E-state index contributed by atoms with van der Waals surface area (Å²) in [7, 11) is 0. The van der Waals surface area contributed by atoms with Gasteiger partial charge in [-0.1, -0.05) is 60.7 Å². The Morgan fingerprint density at radius 3 is 1.81 bits per heavy atom. The van der Waals surface area contributed by atoms with Gasteiger partial charge in [0.1, 0.15) is 0 Å². The van der Waals surface area contributed by atoms with Crippen LogP contribution in [0, 0.1) is 5.41 Å². The van der Waals surface area contributed by atoms with Crippen molar-refractivity contribution in [3.05, 3.63) is 71.8 Å². The van der Waals surface area contributed by atoms with Crippen LogP contribution in [0.1, 0.15) is 30.0 Å². The van der Waals surface area contributed by atoms with Gasteiger partial charge in [-0.2, -0.15) is 0 Å². The third kappa shape index (κ3) is 2.10. The van der Waals surface area contributed by atoms with Gasteiger partial charge in [0, 0.05) is 24.5 Å².